The Bertz CT molecular complexity index is 1400. The molecule has 0 saturated heterocycles. The van der Waals surface area contributed by atoms with Crippen LogP contribution in [0.15, 0.2) is 66.1 Å². The first-order valence-corrected chi connectivity index (χ1v) is 10.7. The minimum atomic E-state index is -4.69. The van der Waals surface area contributed by atoms with Crippen LogP contribution in [-0.4, -0.2) is 36.2 Å². The number of rotatable bonds is 8. The van der Waals surface area contributed by atoms with Crippen molar-refractivity contribution in [3.63, 3.8) is 0 Å². The van der Waals surface area contributed by atoms with Crippen molar-refractivity contribution in [3.05, 3.63) is 88.7 Å². The van der Waals surface area contributed by atoms with Crippen LogP contribution >= 0.6 is 11.6 Å². The Labute approximate surface area is 213 Å². The molecule has 0 atom stereocenters. The number of carbonyl (C=O) groups excluding carboxylic acids is 1. The number of nitrogens with two attached hydrogens (primary N) is 1. The fraction of sp³-hybridized carbons (Fsp3) is 0.125. The second kappa shape index (κ2) is 11.2. The highest BCUT2D eigenvalue weighted by Crippen LogP contribution is 2.29. The summed E-state index contributed by atoms with van der Waals surface area (Å²) in [6.45, 7) is 3.75. The van der Waals surface area contributed by atoms with Gasteiger partial charge in [0.05, 0.1) is 19.2 Å². The van der Waals surface area contributed by atoms with Crippen molar-refractivity contribution < 1.29 is 31.8 Å². The van der Waals surface area contributed by atoms with Crippen LogP contribution in [0.1, 0.15) is 21.6 Å². The first-order valence-electron chi connectivity index (χ1n) is 10.3. The van der Waals surface area contributed by atoms with E-state index in [1.807, 2.05) is 0 Å². The van der Waals surface area contributed by atoms with Gasteiger partial charge in [0.1, 0.15) is 28.8 Å². The summed E-state index contributed by atoms with van der Waals surface area (Å²) in [6.07, 6.45) is -2.44. The molecule has 0 aliphatic carbocycles. The number of anilines is 1. The van der Waals surface area contributed by atoms with E-state index in [2.05, 4.69) is 22.0 Å². The second-order valence-corrected chi connectivity index (χ2v) is 7.71. The molecule has 3 N–H and O–H groups in total. The molecule has 37 heavy (non-hydrogen) atoms. The van der Waals surface area contributed by atoms with Crippen molar-refractivity contribution in [1.29, 1.82) is 0 Å². The molecule has 0 unspecified atom stereocenters. The van der Waals surface area contributed by atoms with Gasteiger partial charge in [-0.1, -0.05) is 24.2 Å². The Kier molecular flexibility index (Phi) is 8.23. The average molecular weight is 538 g/mol. The van der Waals surface area contributed by atoms with Crippen molar-refractivity contribution in [2.75, 3.05) is 19.5 Å². The molecule has 0 saturated carbocycles. The number of methoxy groups -OCH3 is 2. The van der Waals surface area contributed by atoms with Crippen LogP contribution in [0.2, 0.25) is 5.02 Å². The second-order valence-electron chi connectivity index (χ2n) is 7.31. The SMILES string of the molecule is C=C(/N=C\C(=C(/N)n1ccc(C(F)(F)F)n1)c1ccc(OC)c(C(=O)OC)c1)Nc1ccc(F)c(Cl)c1. The van der Waals surface area contributed by atoms with Crippen LogP contribution in [0.4, 0.5) is 23.2 Å². The summed E-state index contributed by atoms with van der Waals surface area (Å²) in [7, 11) is 2.54. The maximum absolute atomic E-state index is 13.4. The predicted molar refractivity (Wildman–Crippen MR) is 132 cm³/mol. The van der Waals surface area contributed by atoms with Gasteiger partial charge in [0.2, 0.25) is 0 Å². The van der Waals surface area contributed by atoms with Gasteiger partial charge >= 0.3 is 12.1 Å². The molecule has 0 aliphatic rings. The van der Waals surface area contributed by atoms with Gasteiger partial charge in [-0.25, -0.2) is 18.9 Å². The number of aliphatic imine (C=N–C) groups is 1. The van der Waals surface area contributed by atoms with Crippen molar-refractivity contribution in [2.45, 2.75) is 6.18 Å². The van der Waals surface area contributed by atoms with E-state index in [1.54, 1.807) is 0 Å². The first-order chi connectivity index (χ1) is 17.4. The molecule has 194 valence electrons. The third-order valence-electron chi connectivity index (χ3n) is 4.88. The molecule has 0 bridgehead atoms. The summed E-state index contributed by atoms with van der Waals surface area (Å²) in [4.78, 5) is 16.4. The lowest BCUT2D eigenvalue weighted by Crippen LogP contribution is -2.14. The number of hydrogen-bond acceptors (Lipinski definition) is 7. The average Bonchev–Trinajstić information content (AvgIpc) is 3.37. The largest absolute Gasteiger partial charge is 0.496 e. The molecule has 0 amide bonds. The molecule has 0 spiro atoms. The predicted octanol–water partition coefficient (Wildman–Crippen LogP) is 5.43. The zero-order valence-electron chi connectivity index (χ0n) is 19.4. The van der Waals surface area contributed by atoms with E-state index < -0.39 is 23.7 Å². The van der Waals surface area contributed by atoms with Gasteiger partial charge in [-0.05, 0) is 42.0 Å². The number of esters is 1. The van der Waals surface area contributed by atoms with E-state index in [1.165, 1.54) is 50.8 Å². The van der Waals surface area contributed by atoms with Crippen molar-refractivity contribution in [3.8, 4) is 5.75 Å². The van der Waals surface area contributed by atoms with Gasteiger partial charge in [-0.15, -0.1) is 0 Å². The van der Waals surface area contributed by atoms with Crippen LogP contribution < -0.4 is 15.8 Å². The van der Waals surface area contributed by atoms with Crippen LogP contribution in [0, 0.1) is 5.82 Å². The molecular formula is C24H20ClF4N5O3. The zero-order valence-corrected chi connectivity index (χ0v) is 20.2. The Morgan fingerprint density at radius 2 is 1.95 bits per heavy atom. The van der Waals surface area contributed by atoms with Gasteiger partial charge in [0.15, 0.2) is 5.69 Å². The fourth-order valence-electron chi connectivity index (χ4n) is 3.08. The van der Waals surface area contributed by atoms with Gasteiger partial charge in [-0.2, -0.15) is 18.3 Å². The Balaban J connectivity index is 2.07. The maximum atomic E-state index is 13.4. The number of ether oxygens (including phenoxy) is 2. The quantitative estimate of drug-likeness (QED) is 0.226. The lowest BCUT2D eigenvalue weighted by molar-refractivity contribution is -0.141. The summed E-state index contributed by atoms with van der Waals surface area (Å²) in [6, 6.07) is 8.98. The van der Waals surface area contributed by atoms with E-state index in [0.29, 0.717) is 5.69 Å². The number of benzene rings is 2. The number of aromatic nitrogens is 2. The molecule has 1 heterocycles. The number of carbonyl (C=O) groups is 1. The number of nitrogens with one attached hydrogen (secondary N) is 1. The molecular weight excluding hydrogens is 518 g/mol. The van der Waals surface area contributed by atoms with Crippen LogP contribution in [0.5, 0.6) is 5.75 Å². The number of nitrogens with zero attached hydrogens (tertiary/aromatic N) is 3. The van der Waals surface area contributed by atoms with Gasteiger partial charge < -0.3 is 20.5 Å². The van der Waals surface area contributed by atoms with Crippen molar-refractivity contribution >= 4 is 40.9 Å². The molecule has 3 rings (SSSR count). The number of halogens is 5. The molecule has 1 aromatic heterocycles. The van der Waals surface area contributed by atoms with E-state index in [4.69, 9.17) is 26.8 Å². The summed E-state index contributed by atoms with van der Waals surface area (Å²) >= 11 is 5.78. The Morgan fingerprint density at radius 3 is 2.54 bits per heavy atom. The minimum Gasteiger partial charge on any atom is -0.496 e. The van der Waals surface area contributed by atoms with E-state index >= 15 is 0 Å². The molecule has 0 radical (unpaired) electrons. The van der Waals surface area contributed by atoms with Crippen LogP contribution in [0.3, 0.4) is 0 Å². The molecule has 0 fully saturated rings. The van der Waals surface area contributed by atoms with Gasteiger partial charge in [0.25, 0.3) is 0 Å². The van der Waals surface area contributed by atoms with Gasteiger partial charge in [0, 0.05) is 23.7 Å². The molecule has 8 nitrogen and oxygen atoms in total. The third-order valence-corrected chi connectivity index (χ3v) is 5.17. The van der Waals surface area contributed by atoms with Gasteiger partial charge in [-0.3, -0.25) is 0 Å². The summed E-state index contributed by atoms with van der Waals surface area (Å²) < 4.78 is 63.5. The number of allylic oxidation sites excluding steroid dienone is 1. The van der Waals surface area contributed by atoms with E-state index in [-0.39, 0.29) is 39.1 Å². The van der Waals surface area contributed by atoms with Crippen LogP contribution in [0.25, 0.3) is 11.4 Å². The highest BCUT2D eigenvalue weighted by atomic mass is 35.5. The maximum Gasteiger partial charge on any atom is 0.435 e. The molecule has 0 aliphatic heterocycles. The first kappa shape index (κ1) is 27.3. The minimum absolute atomic E-state index is 0.0375. The highest BCUT2D eigenvalue weighted by molar-refractivity contribution is 6.31. The summed E-state index contributed by atoms with van der Waals surface area (Å²) in [5.41, 5.74) is 5.83. The Hall–Kier alpha value is -4.32. The third kappa shape index (κ3) is 6.47. The fourth-order valence-corrected chi connectivity index (χ4v) is 3.26. The number of hydrogen-bond donors (Lipinski definition) is 2. The van der Waals surface area contributed by atoms with Crippen molar-refractivity contribution in [1.82, 2.24) is 9.78 Å². The lowest BCUT2D eigenvalue weighted by Gasteiger charge is -2.13. The normalized spacial score (nSPS) is 12.3. The lowest BCUT2D eigenvalue weighted by atomic mass is 10.0. The highest BCUT2D eigenvalue weighted by Gasteiger charge is 2.33. The van der Waals surface area contributed by atoms with Crippen molar-refractivity contribution in [2.24, 2.45) is 10.7 Å². The summed E-state index contributed by atoms with van der Waals surface area (Å²) in [5, 5.41) is 6.17. The smallest absolute Gasteiger partial charge is 0.435 e. The molecule has 13 heteroatoms. The van der Waals surface area contributed by atoms with E-state index in [9.17, 15) is 22.4 Å². The standard InChI is InChI=1S/C24H20ClF4N5O3/c1-13(32-15-5-6-19(26)18(25)11-15)31-12-17(22(30)34-9-8-21(33-34)24(27,28)29)14-4-7-20(36-2)16(10-14)23(35)37-3/h4-12,32H,1,30H2,2-3H3/b22-17-,31-12-. The zero-order chi connectivity index (χ0) is 27.3. The summed E-state index contributed by atoms with van der Waals surface area (Å²) in [5.74, 6) is -1.31. The Morgan fingerprint density at radius 1 is 1.22 bits per heavy atom. The number of alkyl halides is 3. The molecule has 2 aromatic carbocycles. The van der Waals surface area contributed by atoms with E-state index in [0.717, 1.165) is 23.0 Å². The van der Waals surface area contributed by atoms with Crippen LogP contribution in [-0.2, 0) is 10.9 Å². The topological polar surface area (TPSA) is 104 Å². The monoisotopic (exact) mass is 537 g/mol. The molecule has 3 aromatic rings.